The molecule has 2 N–H and O–H groups in total. The third-order valence-electron chi connectivity index (χ3n) is 2.63. The summed E-state index contributed by atoms with van der Waals surface area (Å²) in [5, 5.41) is 11.5. The van der Waals surface area contributed by atoms with Crippen LogP contribution in [0.2, 0.25) is 0 Å². The summed E-state index contributed by atoms with van der Waals surface area (Å²) in [6.45, 7) is 0.0448. The lowest BCUT2D eigenvalue weighted by molar-refractivity contribution is 0.103. The molecule has 0 radical (unpaired) electrons. The standard InChI is InChI=1S/C16H15NO3S/c1-20-13-7-5-12(6-8-13)17-16(19)15-10-9-14(21-15)4-2-3-11-18/h5-10,18H,3,11H2,1H3,(H,17,19). The second kappa shape index (κ2) is 7.48. The van der Waals surface area contributed by atoms with Gasteiger partial charge in [0.15, 0.2) is 0 Å². The summed E-state index contributed by atoms with van der Waals surface area (Å²) < 4.78 is 5.07. The van der Waals surface area contributed by atoms with Crippen molar-refractivity contribution in [3.63, 3.8) is 0 Å². The van der Waals surface area contributed by atoms with Crippen LogP contribution in [0.3, 0.4) is 0 Å². The van der Waals surface area contributed by atoms with E-state index in [1.165, 1.54) is 11.3 Å². The number of amides is 1. The minimum absolute atomic E-state index is 0.0448. The Labute approximate surface area is 127 Å². The van der Waals surface area contributed by atoms with Gasteiger partial charge in [0.1, 0.15) is 5.75 Å². The summed E-state index contributed by atoms with van der Waals surface area (Å²) in [5.41, 5.74) is 0.710. The number of aliphatic hydroxyl groups excluding tert-OH is 1. The van der Waals surface area contributed by atoms with Crippen molar-refractivity contribution in [2.75, 3.05) is 19.0 Å². The summed E-state index contributed by atoms with van der Waals surface area (Å²) in [4.78, 5) is 13.5. The van der Waals surface area contributed by atoms with Crippen LogP contribution in [0.1, 0.15) is 21.0 Å². The molecule has 0 aliphatic carbocycles. The molecule has 0 fully saturated rings. The molecular weight excluding hydrogens is 286 g/mol. The summed E-state index contributed by atoms with van der Waals surface area (Å²) >= 11 is 1.33. The molecule has 1 amide bonds. The number of carbonyl (C=O) groups excluding carboxylic acids is 1. The van der Waals surface area contributed by atoms with Crippen LogP contribution >= 0.6 is 11.3 Å². The molecular formula is C16H15NO3S. The van der Waals surface area contributed by atoms with Crippen molar-refractivity contribution in [2.45, 2.75) is 6.42 Å². The van der Waals surface area contributed by atoms with E-state index < -0.39 is 0 Å². The van der Waals surface area contributed by atoms with E-state index in [9.17, 15) is 4.79 Å². The molecule has 21 heavy (non-hydrogen) atoms. The van der Waals surface area contributed by atoms with E-state index in [1.54, 1.807) is 43.5 Å². The fourth-order valence-electron chi connectivity index (χ4n) is 1.60. The van der Waals surface area contributed by atoms with Crippen molar-refractivity contribution in [1.82, 2.24) is 0 Å². The van der Waals surface area contributed by atoms with Crippen LogP contribution in [-0.4, -0.2) is 24.7 Å². The molecule has 0 unspecified atom stereocenters. The highest BCUT2D eigenvalue weighted by Gasteiger charge is 2.08. The van der Waals surface area contributed by atoms with Gasteiger partial charge in [-0.05, 0) is 36.4 Å². The van der Waals surface area contributed by atoms with E-state index in [-0.39, 0.29) is 12.5 Å². The Balaban J connectivity index is 2.01. The normalized spacial score (nSPS) is 9.62. The number of rotatable bonds is 4. The Kier molecular flexibility index (Phi) is 5.38. The summed E-state index contributed by atoms with van der Waals surface area (Å²) in [5.74, 6) is 6.32. The van der Waals surface area contributed by atoms with E-state index in [4.69, 9.17) is 9.84 Å². The Bertz CT molecular complexity index is 665. The van der Waals surface area contributed by atoms with Gasteiger partial charge in [0.2, 0.25) is 0 Å². The lowest BCUT2D eigenvalue weighted by Gasteiger charge is -2.04. The number of aliphatic hydroxyl groups is 1. The number of methoxy groups -OCH3 is 1. The lowest BCUT2D eigenvalue weighted by atomic mass is 10.3. The van der Waals surface area contributed by atoms with Gasteiger partial charge in [-0.25, -0.2) is 0 Å². The Morgan fingerprint density at radius 1 is 1.29 bits per heavy atom. The molecule has 0 saturated heterocycles. The minimum Gasteiger partial charge on any atom is -0.497 e. The molecule has 2 rings (SSSR count). The zero-order valence-electron chi connectivity index (χ0n) is 11.6. The van der Waals surface area contributed by atoms with Gasteiger partial charge in [0, 0.05) is 12.1 Å². The molecule has 5 heteroatoms. The second-order valence-electron chi connectivity index (χ2n) is 4.12. The molecule has 2 aromatic rings. The molecule has 1 aromatic heterocycles. The summed E-state index contributed by atoms with van der Waals surface area (Å²) in [6, 6.07) is 10.7. The number of thiophene rings is 1. The number of carbonyl (C=O) groups is 1. The molecule has 0 aliphatic rings. The Morgan fingerprint density at radius 3 is 2.71 bits per heavy atom. The topological polar surface area (TPSA) is 58.6 Å². The highest BCUT2D eigenvalue weighted by molar-refractivity contribution is 7.14. The van der Waals surface area contributed by atoms with Gasteiger partial charge in [0.05, 0.1) is 23.5 Å². The van der Waals surface area contributed by atoms with Crippen molar-refractivity contribution in [2.24, 2.45) is 0 Å². The van der Waals surface area contributed by atoms with Crippen LogP contribution in [0, 0.1) is 11.8 Å². The third kappa shape index (κ3) is 4.35. The SMILES string of the molecule is COc1ccc(NC(=O)c2ccc(C#CCCO)s2)cc1. The number of benzene rings is 1. The Hall–Kier alpha value is -2.29. The van der Waals surface area contributed by atoms with Crippen molar-refractivity contribution in [3.8, 4) is 17.6 Å². The maximum absolute atomic E-state index is 12.1. The highest BCUT2D eigenvalue weighted by Crippen LogP contribution is 2.19. The van der Waals surface area contributed by atoms with E-state index >= 15 is 0 Å². The number of ether oxygens (including phenoxy) is 1. The van der Waals surface area contributed by atoms with Gasteiger partial charge in [-0.1, -0.05) is 11.8 Å². The number of anilines is 1. The zero-order valence-corrected chi connectivity index (χ0v) is 12.4. The van der Waals surface area contributed by atoms with Gasteiger partial charge in [0.25, 0.3) is 5.91 Å². The molecule has 0 saturated carbocycles. The van der Waals surface area contributed by atoms with Gasteiger partial charge >= 0.3 is 0 Å². The van der Waals surface area contributed by atoms with Gasteiger partial charge in [-0.2, -0.15) is 0 Å². The quantitative estimate of drug-likeness (QED) is 0.854. The second-order valence-corrected chi connectivity index (χ2v) is 5.21. The predicted molar refractivity (Wildman–Crippen MR) is 83.8 cm³/mol. The van der Waals surface area contributed by atoms with Gasteiger partial charge in [-0.3, -0.25) is 4.79 Å². The van der Waals surface area contributed by atoms with Crippen molar-refractivity contribution in [3.05, 3.63) is 46.2 Å². The highest BCUT2D eigenvalue weighted by atomic mass is 32.1. The number of hydrogen-bond donors (Lipinski definition) is 2. The van der Waals surface area contributed by atoms with E-state index in [0.29, 0.717) is 17.0 Å². The van der Waals surface area contributed by atoms with Crippen LogP contribution in [0.25, 0.3) is 0 Å². The number of hydrogen-bond acceptors (Lipinski definition) is 4. The molecule has 0 spiro atoms. The minimum atomic E-state index is -0.166. The predicted octanol–water partition coefficient (Wildman–Crippen LogP) is 2.74. The monoisotopic (exact) mass is 301 g/mol. The number of nitrogens with one attached hydrogen (secondary N) is 1. The van der Waals surface area contributed by atoms with Crippen molar-refractivity contribution in [1.29, 1.82) is 0 Å². The van der Waals surface area contributed by atoms with Crippen molar-refractivity contribution >= 4 is 22.9 Å². The van der Waals surface area contributed by atoms with Gasteiger partial charge < -0.3 is 15.2 Å². The first kappa shape index (κ1) is 15.1. The van der Waals surface area contributed by atoms with Gasteiger partial charge in [-0.15, -0.1) is 11.3 Å². The van der Waals surface area contributed by atoms with Crippen LogP contribution in [0.4, 0.5) is 5.69 Å². The molecule has 108 valence electrons. The fraction of sp³-hybridized carbons (Fsp3) is 0.188. The van der Waals surface area contributed by atoms with E-state index in [2.05, 4.69) is 17.2 Å². The van der Waals surface area contributed by atoms with Crippen molar-refractivity contribution < 1.29 is 14.6 Å². The molecule has 0 bridgehead atoms. The first-order chi connectivity index (χ1) is 10.2. The molecule has 1 heterocycles. The molecule has 4 nitrogen and oxygen atoms in total. The maximum Gasteiger partial charge on any atom is 0.265 e. The average Bonchev–Trinajstić information content (AvgIpc) is 2.97. The zero-order chi connectivity index (χ0) is 15.1. The maximum atomic E-state index is 12.1. The summed E-state index contributed by atoms with van der Waals surface area (Å²) in [7, 11) is 1.60. The first-order valence-corrected chi connectivity index (χ1v) is 7.19. The Morgan fingerprint density at radius 2 is 2.05 bits per heavy atom. The van der Waals surface area contributed by atoms with E-state index in [1.807, 2.05) is 0 Å². The molecule has 1 aromatic carbocycles. The van der Waals surface area contributed by atoms with Crippen LogP contribution < -0.4 is 10.1 Å². The largest absolute Gasteiger partial charge is 0.497 e. The summed E-state index contributed by atoms with van der Waals surface area (Å²) in [6.07, 6.45) is 0.436. The average molecular weight is 301 g/mol. The third-order valence-corrected chi connectivity index (χ3v) is 3.63. The molecule has 0 aliphatic heterocycles. The molecule has 0 atom stereocenters. The van der Waals surface area contributed by atoms with Crippen LogP contribution in [0.15, 0.2) is 36.4 Å². The fourth-order valence-corrected chi connectivity index (χ4v) is 2.38. The van der Waals surface area contributed by atoms with E-state index in [0.717, 1.165) is 10.6 Å². The first-order valence-electron chi connectivity index (χ1n) is 6.38. The van der Waals surface area contributed by atoms with Crippen LogP contribution in [0.5, 0.6) is 5.75 Å². The lowest BCUT2D eigenvalue weighted by Crippen LogP contribution is -2.09. The smallest absolute Gasteiger partial charge is 0.265 e. The van der Waals surface area contributed by atoms with Crippen LogP contribution in [-0.2, 0) is 0 Å².